The molecule has 2 aromatic heterocycles. The zero-order valence-corrected chi connectivity index (χ0v) is 16.4. The Labute approximate surface area is 169 Å². The quantitative estimate of drug-likeness (QED) is 0.674. The lowest BCUT2D eigenvalue weighted by Crippen LogP contribution is -2.41. The molecule has 0 bridgehead atoms. The average Bonchev–Trinajstić information content (AvgIpc) is 3.36. The Kier molecular flexibility index (Phi) is 5.57. The van der Waals surface area contributed by atoms with Crippen molar-refractivity contribution in [2.45, 2.75) is 38.0 Å². The van der Waals surface area contributed by atoms with Crippen molar-refractivity contribution in [1.82, 2.24) is 20.1 Å². The molecule has 1 saturated carbocycles. The number of amides is 1. The zero-order chi connectivity index (χ0) is 20.2. The van der Waals surface area contributed by atoms with Crippen molar-refractivity contribution in [3.8, 4) is 11.1 Å². The number of anilines is 1. The van der Waals surface area contributed by atoms with Gasteiger partial charge in [-0.25, -0.2) is 0 Å². The van der Waals surface area contributed by atoms with Gasteiger partial charge < -0.3 is 15.8 Å². The number of aryl methyl sites for hydroxylation is 1. The van der Waals surface area contributed by atoms with E-state index in [0.717, 1.165) is 30.4 Å². The minimum Gasteiger partial charge on any atom is -0.397 e. The van der Waals surface area contributed by atoms with Crippen molar-refractivity contribution in [2.75, 3.05) is 5.73 Å². The van der Waals surface area contributed by atoms with E-state index in [-0.39, 0.29) is 18.1 Å². The van der Waals surface area contributed by atoms with E-state index in [1.165, 1.54) is 6.20 Å². The first-order valence-corrected chi connectivity index (χ1v) is 9.80. The average molecular weight is 391 g/mol. The summed E-state index contributed by atoms with van der Waals surface area (Å²) in [5.74, 6) is -0.221. The summed E-state index contributed by atoms with van der Waals surface area (Å²) in [6, 6.07) is 10.0. The molecule has 0 spiro atoms. The summed E-state index contributed by atoms with van der Waals surface area (Å²) < 4.78 is 7.78. The van der Waals surface area contributed by atoms with Gasteiger partial charge in [0.2, 0.25) is 0 Å². The van der Waals surface area contributed by atoms with Crippen molar-refractivity contribution < 1.29 is 9.53 Å². The second kappa shape index (κ2) is 8.45. The van der Waals surface area contributed by atoms with Crippen molar-refractivity contribution in [1.29, 1.82) is 0 Å². The number of carbonyl (C=O) groups is 1. The molecule has 3 aromatic rings. The molecule has 29 heavy (non-hydrogen) atoms. The summed E-state index contributed by atoms with van der Waals surface area (Å²) in [5.41, 5.74) is 9.74. The molecule has 2 heterocycles. The molecule has 0 saturated heterocycles. The van der Waals surface area contributed by atoms with E-state index in [1.807, 2.05) is 43.6 Å². The summed E-state index contributed by atoms with van der Waals surface area (Å²) in [7, 11) is 1.83. The number of rotatable bonds is 6. The lowest BCUT2D eigenvalue weighted by atomic mass is 10.1. The molecule has 0 aliphatic heterocycles. The fraction of sp³-hybridized carbons (Fsp3) is 0.318. The van der Waals surface area contributed by atoms with Gasteiger partial charge in [-0.1, -0.05) is 30.3 Å². The number of nitrogens with two attached hydrogens (primary N) is 1. The van der Waals surface area contributed by atoms with Crippen LogP contribution in [0.15, 0.2) is 55.1 Å². The minimum atomic E-state index is -0.221. The van der Waals surface area contributed by atoms with Crippen LogP contribution in [0.4, 0.5) is 5.69 Å². The monoisotopic (exact) mass is 391 g/mol. The highest BCUT2D eigenvalue weighted by molar-refractivity contribution is 6.02. The molecule has 1 aromatic carbocycles. The maximum Gasteiger partial charge on any atom is 0.255 e. The molecule has 4 rings (SSSR count). The second-order valence-corrected chi connectivity index (χ2v) is 7.40. The summed E-state index contributed by atoms with van der Waals surface area (Å²) in [5, 5.41) is 7.26. The van der Waals surface area contributed by atoms with Crippen molar-refractivity contribution in [3.05, 3.63) is 66.2 Å². The molecule has 2 atom stereocenters. The number of ether oxygens (including phenoxy) is 1. The Bertz CT molecular complexity index is 986. The van der Waals surface area contributed by atoms with Crippen LogP contribution in [0.5, 0.6) is 0 Å². The molecule has 1 amide bonds. The number of hydrogen-bond acceptors (Lipinski definition) is 5. The number of aromatic nitrogens is 3. The van der Waals surface area contributed by atoms with Gasteiger partial charge in [0.25, 0.3) is 5.91 Å². The van der Waals surface area contributed by atoms with Crippen LogP contribution in [0.3, 0.4) is 0 Å². The first-order chi connectivity index (χ1) is 14.1. The normalized spacial score (nSPS) is 18.7. The molecule has 0 unspecified atom stereocenters. The number of carbonyl (C=O) groups excluding carboxylic acids is 1. The van der Waals surface area contributed by atoms with E-state index >= 15 is 0 Å². The maximum atomic E-state index is 12.9. The highest BCUT2D eigenvalue weighted by Gasteiger charge is 2.30. The molecule has 7 nitrogen and oxygen atoms in total. The molecule has 3 N–H and O–H groups in total. The van der Waals surface area contributed by atoms with Gasteiger partial charge >= 0.3 is 0 Å². The third-order valence-corrected chi connectivity index (χ3v) is 5.32. The Hall–Kier alpha value is -3.19. The van der Waals surface area contributed by atoms with Crippen molar-refractivity contribution in [2.24, 2.45) is 7.05 Å². The lowest BCUT2D eigenvalue weighted by molar-refractivity contribution is 0.0272. The van der Waals surface area contributed by atoms with Crippen molar-refractivity contribution in [3.63, 3.8) is 0 Å². The van der Waals surface area contributed by atoms with Gasteiger partial charge in [-0.15, -0.1) is 0 Å². The fourth-order valence-corrected chi connectivity index (χ4v) is 3.76. The predicted octanol–water partition coefficient (Wildman–Crippen LogP) is 2.93. The van der Waals surface area contributed by atoms with Gasteiger partial charge in [-0.3, -0.25) is 14.5 Å². The van der Waals surface area contributed by atoms with Gasteiger partial charge in [0.1, 0.15) is 0 Å². The molecule has 1 aliphatic rings. The van der Waals surface area contributed by atoms with Crippen LogP contribution in [-0.4, -0.2) is 32.8 Å². The van der Waals surface area contributed by atoms with Gasteiger partial charge in [0, 0.05) is 36.8 Å². The summed E-state index contributed by atoms with van der Waals surface area (Å²) in [6.07, 6.45) is 9.56. The van der Waals surface area contributed by atoms with E-state index in [0.29, 0.717) is 23.4 Å². The van der Waals surface area contributed by atoms with Crippen LogP contribution in [0.1, 0.15) is 35.2 Å². The third kappa shape index (κ3) is 4.30. The van der Waals surface area contributed by atoms with Gasteiger partial charge in [-0.05, 0) is 24.8 Å². The third-order valence-electron chi connectivity index (χ3n) is 5.32. The Balaban J connectivity index is 1.44. The van der Waals surface area contributed by atoms with Gasteiger partial charge in [-0.2, -0.15) is 5.10 Å². The Morgan fingerprint density at radius 2 is 2.07 bits per heavy atom. The number of hydrogen-bond donors (Lipinski definition) is 2. The molecule has 7 heteroatoms. The lowest BCUT2D eigenvalue weighted by Gasteiger charge is -2.22. The van der Waals surface area contributed by atoms with Crippen LogP contribution in [-0.2, 0) is 18.4 Å². The fourth-order valence-electron chi connectivity index (χ4n) is 3.76. The van der Waals surface area contributed by atoms with Crippen LogP contribution in [0.2, 0.25) is 0 Å². The number of nitrogens with zero attached hydrogens (tertiary/aromatic N) is 3. The van der Waals surface area contributed by atoms with Crippen LogP contribution in [0.25, 0.3) is 11.1 Å². The van der Waals surface area contributed by atoms with Crippen LogP contribution < -0.4 is 11.1 Å². The van der Waals surface area contributed by atoms with Gasteiger partial charge in [0.05, 0.1) is 36.2 Å². The largest absolute Gasteiger partial charge is 0.397 e. The summed E-state index contributed by atoms with van der Waals surface area (Å²) in [6.45, 7) is 0.540. The summed E-state index contributed by atoms with van der Waals surface area (Å²) in [4.78, 5) is 17.1. The molecule has 1 fully saturated rings. The Morgan fingerprint density at radius 3 is 2.83 bits per heavy atom. The molecule has 0 radical (unpaired) electrons. The van der Waals surface area contributed by atoms with E-state index in [2.05, 4.69) is 15.4 Å². The first kappa shape index (κ1) is 19.1. The standard InChI is InChI=1S/C22H25N5O2/c1-27-13-16(10-25-27)17-11-24-12-18(21(17)23)22(28)26-19-8-5-9-20(19)29-14-15-6-3-2-4-7-15/h2-4,6-7,10-13,19-20H,5,8-9,14H2,1H3,(H2,23,24)(H,26,28)/t19-,20+/m1/s1. The van der Waals surface area contributed by atoms with Crippen molar-refractivity contribution >= 4 is 11.6 Å². The highest BCUT2D eigenvalue weighted by atomic mass is 16.5. The van der Waals surface area contributed by atoms with E-state index in [9.17, 15) is 4.79 Å². The van der Waals surface area contributed by atoms with E-state index < -0.39 is 0 Å². The number of nitrogen functional groups attached to an aromatic ring is 1. The number of nitrogens with one attached hydrogen (secondary N) is 1. The maximum absolute atomic E-state index is 12.9. The molecular formula is C22H25N5O2. The predicted molar refractivity (Wildman–Crippen MR) is 111 cm³/mol. The minimum absolute atomic E-state index is 0.00477. The second-order valence-electron chi connectivity index (χ2n) is 7.40. The highest BCUT2D eigenvalue weighted by Crippen LogP contribution is 2.28. The van der Waals surface area contributed by atoms with Gasteiger partial charge in [0.15, 0.2) is 0 Å². The molecule has 150 valence electrons. The Morgan fingerprint density at radius 1 is 1.24 bits per heavy atom. The SMILES string of the molecule is Cn1cc(-c2cncc(C(=O)N[C@@H]3CCC[C@@H]3OCc3ccccc3)c2N)cn1. The van der Waals surface area contributed by atoms with Crippen LogP contribution in [0, 0.1) is 0 Å². The zero-order valence-electron chi connectivity index (χ0n) is 16.4. The smallest absolute Gasteiger partial charge is 0.255 e. The van der Waals surface area contributed by atoms with E-state index in [1.54, 1.807) is 17.1 Å². The van der Waals surface area contributed by atoms with E-state index in [4.69, 9.17) is 10.5 Å². The molecule has 1 aliphatic carbocycles. The first-order valence-electron chi connectivity index (χ1n) is 9.80. The number of pyridine rings is 1. The topological polar surface area (TPSA) is 95.1 Å². The number of benzene rings is 1. The van der Waals surface area contributed by atoms with Crippen LogP contribution >= 0.6 is 0 Å². The molecular weight excluding hydrogens is 366 g/mol. The summed E-state index contributed by atoms with van der Waals surface area (Å²) >= 11 is 0.